The Balaban J connectivity index is 1.11. The Morgan fingerprint density at radius 1 is 0.242 bits per heavy atom. The summed E-state index contributed by atoms with van der Waals surface area (Å²) in [6.45, 7) is 0. The smallest absolute Gasteiger partial charge is 0.0726 e. The van der Waals surface area contributed by atoms with E-state index >= 15 is 0 Å². The van der Waals surface area contributed by atoms with Crippen molar-refractivity contribution in [3.05, 3.63) is 283 Å². The van der Waals surface area contributed by atoms with Crippen LogP contribution in [-0.2, 0) is 5.41 Å². The van der Waals surface area contributed by atoms with E-state index in [9.17, 15) is 0 Å². The molecule has 1 heteroatoms. The summed E-state index contributed by atoms with van der Waals surface area (Å²) in [5.74, 6) is 0. The average molecular weight is 838 g/mol. The molecule has 11 aromatic carbocycles. The molecule has 0 amide bonds. The summed E-state index contributed by atoms with van der Waals surface area (Å²) >= 11 is 0. The Morgan fingerprint density at radius 3 is 1.36 bits per heavy atom. The molecule has 2 aliphatic carbocycles. The predicted molar refractivity (Wildman–Crippen MR) is 277 cm³/mol. The van der Waals surface area contributed by atoms with Gasteiger partial charge in [0.1, 0.15) is 0 Å². The zero-order valence-corrected chi connectivity index (χ0v) is 36.3. The van der Waals surface area contributed by atoms with Crippen molar-refractivity contribution in [3.63, 3.8) is 0 Å². The van der Waals surface area contributed by atoms with Crippen molar-refractivity contribution in [1.29, 1.82) is 0 Å². The largest absolute Gasteiger partial charge is 0.309 e. The van der Waals surface area contributed by atoms with Crippen molar-refractivity contribution < 1.29 is 0 Å². The van der Waals surface area contributed by atoms with Gasteiger partial charge in [0.25, 0.3) is 0 Å². The normalized spacial score (nSPS) is 12.7. The van der Waals surface area contributed by atoms with Gasteiger partial charge < -0.3 is 4.90 Å². The zero-order valence-electron chi connectivity index (χ0n) is 36.3. The third kappa shape index (κ3) is 5.73. The van der Waals surface area contributed by atoms with Crippen LogP contribution >= 0.6 is 0 Å². The van der Waals surface area contributed by atoms with Gasteiger partial charge in [-0.25, -0.2) is 0 Å². The maximum atomic E-state index is 2.55. The quantitative estimate of drug-likeness (QED) is 0.155. The molecule has 1 spiro atoms. The van der Waals surface area contributed by atoms with Gasteiger partial charge in [0, 0.05) is 16.8 Å². The van der Waals surface area contributed by atoms with Gasteiger partial charge in [-0.05, 0) is 119 Å². The molecule has 11 aromatic rings. The Hall–Kier alpha value is -8.52. The Kier molecular flexibility index (Phi) is 8.82. The van der Waals surface area contributed by atoms with E-state index in [2.05, 4.69) is 266 Å². The first-order chi connectivity index (χ1) is 32.8. The Labute approximate surface area is 386 Å². The lowest BCUT2D eigenvalue weighted by atomic mass is 9.70. The molecule has 0 radical (unpaired) electrons. The number of nitrogens with zero attached hydrogens (tertiary/aromatic N) is 1. The van der Waals surface area contributed by atoms with Crippen molar-refractivity contribution in [2.45, 2.75) is 5.41 Å². The fourth-order valence-corrected chi connectivity index (χ4v) is 11.3. The summed E-state index contributed by atoms with van der Waals surface area (Å²) in [6.07, 6.45) is 0. The van der Waals surface area contributed by atoms with Gasteiger partial charge in [0.15, 0.2) is 0 Å². The Morgan fingerprint density at radius 2 is 0.697 bits per heavy atom. The summed E-state index contributed by atoms with van der Waals surface area (Å²) in [6, 6.07) is 96.5. The second kappa shape index (κ2) is 15.3. The van der Waals surface area contributed by atoms with E-state index in [1.807, 2.05) is 0 Å². The number of fused-ring (bicyclic) bond motifs is 11. The second-order valence-corrected chi connectivity index (χ2v) is 17.5. The summed E-state index contributed by atoms with van der Waals surface area (Å²) in [5.41, 5.74) is 22.7. The van der Waals surface area contributed by atoms with E-state index in [0.717, 1.165) is 17.1 Å². The van der Waals surface area contributed by atoms with E-state index in [-0.39, 0.29) is 0 Å². The van der Waals surface area contributed by atoms with Gasteiger partial charge in [-0.15, -0.1) is 0 Å². The molecule has 0 aliphatic heterocycles. The van der Waals surface area contributed by atoms with Crippen LogP contribution in [0.4, 0.5) is 17.1 Å². The van der Waals surface area contributed by atoms with Crippen LogP contribution in [0.5, 0.6) is 0 Å². The minimum atomic E-state index is -0.477. The van der Waals surface area contributed by atoms with E-state index < -0.39 is 5.41 Å². The maximum Gasteiger partial charge on any atom is 0.0726 e. The summed E-state index contributed by atoms with van der Waals surface area (Å²) in [4.78, 5) is 2.55. The van der Waals surface area contributed by atoms with Crippen molar-refractivity contribution >= 4 is 27.8 Å². The van der Waals surface area contributed by atoms with Crippen molar-refractivity contribution in [1.82, 2.24) is 0 Å². The monoisotopic (exact) mass is 837 g/mol. The lowest BCUT2D eigenvalue weighted by molar-refractivity contribution is 0.794. The van der Waals surface area contributed by atoms with E-state index in [1.165, 1.54) is 99.8 Å². The molecule has 2 aliphatic rings. The highest BCUT2D eigenvalue weighted by molar-refractivity contribution is 6.05. The van der Waals surface area contributed by atoms with Crippen molar-refractivity contribution in [3.8, 4) is 66.8 Å². The molecule has 0 heterocycles. The van der Waals surface area contributed by atoms with Crippen LogP contribution in [0.3, 0.4) is 0 Å². The van der Waals surface area contributed by atoms with E-state index in [0.29, 0.717) is 0 Å². The number of hydrogen-bond donors (Lipinski definition) is 0. The van der Waals surface area contributed by atoms with Crippen LogP contribution in [0, 0.1) is 0 Å². The van der Waals surface area contributed by atoms with Crippen LogP contribution in [0.15, 0.2) is 261 Å². The third-order valence-corrected chi connectivity index (χ3v) is 14.1. The molecular formula is C65H43N. The lowest BCUT2D eigenvalue weighted by Gasteiger charge is -2.33. The van der Waals surface area contributed by atoms with E-state index in [4.69, 9.17) is 0 Å². The summed E-state index contributed by atoms with van der Waals surface area (Å²) in [7, 11) is 0. The minimum absolute atomic E-state index is 0.477. The minimum Gasteiger partial charge on any atom is -0.309 e. The first-order valence-corrected chi connectivity index (χ1v) is 22.9. The van der Waals surface area contributed by atoms with Gasteiger partial charge in [-0.2, -0.15) is 0 Å². The number of hydrogen-bond acceptors (Lipinski definition) is 1. The third-order valence-electron chi connectivity index (χ3n) is 14.1. The summed E-state index contributed by atoms with van der Waals surface area (Å²) in [5, 5.41) is 2.48. The number of benzene rings is 11. The molecule has 0 saturated carbocycles. The Bertz CT molecular complexity index is 3590. The van der Waals surface area contributed by atoms with E-state index in [1.54, 1.807) is 0 Å². The van der Waals surface area contributed by atoms with Crippen LogP contribution in [0.1, 0.15) is 22.3 Å². The molecule has 0 saturated heterocycles. The lowest BCUT2D eigenvalue weighted by Crippen LogP contribution is -2.26. The summed E-state index contributed by atoms with van der Waals surface area (Å²) < 4.78 is 0. The van der Waals surface area contributed by atoms with Gasteiger partial charge in [0.2, 0.25) is 0 Å². The van der Waals surface area contributed by atoms with Gasteiger partial charge >= 0.3 is 0 Å². The molecule has 0 aromatic heterocycles. The highest BCUT2D eigenvalue weighted by Gasteiger charge is 2.52. The molecule has 0 atom stereocenters. The molecule has 0 N–H and O–H groups in total. The molecular weight excluding hydrogens is 795 g/mol. The van der Waals surface area contributed by atoms with Crippen LogP contribution in [0.25, 0.3) is 77.5 Å². The fourth-order valence-electron chi connectivity index (χ4n) is 11.3. The topological polar surface area (TPSA) is 3.24 Å². The van der Waals surface area contributed by atoms with Crippen LogP contribution < -0.4 is 4.90 Å². The number of anilines is 3. The average Bonchev–Trinajstić information content (AvgIpc) is 3.87. The van der Waals surface area contributed by atoms with Crippen molar-refractivity contribution in [2.75, 3.05) is 4.90 Å². The fraction of sp³-hybridized carbons (Fsp3) is 0.0154. The van der Waals surface area contributed by atoms with Crippen LogP contribution in [-0.4, -0.2) is 0 Å². The number of rotatable bonds is 7. The molecule has 0 bridgehead atoms. The van der Waals surface area contributed by atoms with Gasteiger partial charge in [0.05, 0.1) is 16.8 Å². The molecule has 13 rings (SSSR count). The van der Waals surface area contributed by atoms with Crippen LogP contribution in [0.2, 0.25) is 0 Å². The zero-order chi connectivity index (χ0) is 43.6. The predicted octanol–water partition coefficient (Wildman–Crippen LogP) is 17.3. The first-order valence-electron chi connectivity index (χ1n) is 22.9. The molecule has 0 unspecified atom stereocenters. The molecule has 0 fully saturated rings. The first kappa shape index (κ1) is 38.0. The van der Waals surface area contributed by atoms with Crippen molar-refractivity contribution in [2.24, 2.45) is 0 Å². The van der Waals surface area contributed by atoms with Gasteiger partial charge in [-0.1, -0.05) is 231 Å². The maximum absolute atomic E-state index is 2.55. The molecule has 308 valence electrons. The van der Waals surface area contributed by atoms with Gasteiger partial charge in [-0.3, -0.25) is 0 Å². The highest BCUT2D eigenvalue weighted by atomic mass is 15.1. The molecule has 1 nitrogen and oxygen atoms in total. The SMILES string of the molecule is c1ccc(-c2ccccc2-c2c(-c3ccccc3)cccc2N(c2ccc(-c3ccc4ccccc4c3)cc2)c2cccc3c2-c2ccccc2C32c3ccccc3-c3ccccc32)cc1. The standard InChI is InChI=1S/C65H43N/c1-3-20-46(21-4-1)51-25-9-10-28-55(51)63-52(47-22-5-2-6-23-47)30-17-35-61(63)66(50-41-39-45(40-42-50)49-38-37-44-19-7-8-24-48(44)43-49)62-36-18-34-60-64(62)56-29-13-16-33-59(56)65(60)57-31-14-11-26-53(57)54-27-12-15-32-58(54)65/h1-43H. The highest BCUT2D eigenvalue weighted by Crippen LogP contribution is 2.65. The molecule has 66 heavy (non-hydrogen) atoms. The second-order valence-electron chi connectivity index (χ2n) is 17.5.